The SMILES string of the molecule is Cc1ccc(CN(CC(=O)NO)Cc2cccc(C(=O)O)c2)cc1. The number of hydrogen-bond donors (Lipinski definition) is 3. The molecule has 1 amide bonds. The van der Waals surface area contributed by atoms with Crippen molar-refractivity contribution in [1.82, 2.24) is 10.4 Å². The number of hydroxylamine groups is 1. The second-order valence-electron chi connectivity index (χ2n) is 5.67. The molecule has 0 saturated carbocycles. The molecule has 0 radical (unpaired) electrons. The maximum atomic E-state index is 11.5. The Morgan fingerprint density at radius 1 is 1.04 bits per heavy atom. The first-order valence-electron chi connectivity index (χ1n) is 7.51. The summed E-state index contributed by atoms with van der Waals surface area (Å²) in [6.07, 6.45) is 0. The molecule has 24 heavy (non-hydrogen) atoms. The Labute approximate surface area is 140 Å². The summed E-state index contributed by atoms with van der Waals surface area (Å²) in [5.74, 6) is -1.51. The molecule has 6 nitrogen and oxygen atoms in total. The second-order valence-corrected chi connectivity index (χ2v) is 5.67. The van der Waals surface area contributed by atoms with Crippen molar-refractivity contribution in [3.05, 3.63) is 70.8 Å². The third-order valence-corrected chi connectivity index (χ3v) is 3.60. The molecule has 0 atom stereocenters. The van der Waals surface area contributed by atoms with E-state index in [0.29, 0.717) is 13.1 Å². The average molecular weight is 328 g/mol. The molecule has 126 valence electrons. The fraction of sp³-hybridized carbons (Fsp3) is 0.222. The van der Waals surface area contributed by atoms with Gasteiger partial charge in [0.05, 0.1) is 12.1 Å². The first kappa shape index (κ1) is 17.7. The monoisotopic (exact) mass is 328 g/mol. The van der Waals surface area contributed by atoms with Crippen LogP contribution in [0.25, 0.3) is 0 Å². The maximum Gasteiger partial charge on any atom is 0.335 e. The number of carbonyl (C=O) groups is 2. The topological polar surface area (TPSA) is 89.9 Å². The van der Waals surface area contributed by atoms with Crippen molar-refractivity contribution in [3.63, 3.8) is 0 Å². The third-order valence-electron chi connectivity index (χ3n) is 3.60. The number of amides is 1. The van der Waals surface area contributed by atoms with Gasteiger partial charge in [-0.15, -0.1) is 0 Å². The van der Waals surface area contributed by atoms with E-state index in [-0.39, 0.29) is 12.1 Å². The van der Waals surface area contributed by atoms with E-state index in [4.69, 9.17) is 10.3 Å². The standard InChI is InChI=1S/C18H20N2O4/c1-13-5-7-14(8-6-13)10-20(12-17(21)19-24)11-15-3-2-4-16(9-15)18(22)23/h2-9,24H,10-12H2,1H3,(H,19,21)(H,22,23). The van der Waals surface area contributed by atoms with Crippen LogP contribution in [-0.4, -0.2) is 33.6 Å². The highest BCUT2D eigenvalue weighted by Crippen LogP contribution is 2.12. The van der Waals surface area contributed by atoms with Gasteiger partial charge < -0.3 is 5.11 Å². The normalized spacial score (nSPS) is 10.6. The number of aryl methyl sites for hydroxylation is 1. The van der Waals surface area contributed by atoms with Gasteiger partial charge in [-0.2, -0.15) is 0 Å². The van der Waals surface area contributed by atoms with Crippen LogP contribution in [-0.2, 0) is 17.9 Å². The van der Waals surface area contributed by atoms with Crippen LogP contribution >= 0.6 is 0 Å². The lowest BCUT2D eigenvalue weighted by atomic mass is 10.1. The number of rotatable bonds is 7. The molecule has 0 bridgehead atoms. The van der Waals surface area contributed by atoms with E-state index in [2.05, 4.69) is 0 Å². The van der Waals surface area contributed by atoms with Crippen LogP contribution in [0.2, 0.25) is 0 Å². The minimum absolute atomic E-state index is 0.00166. The van der Waals surface area contributed by atoms with Gasteiger partial charge in [0.15, 0.2) is 0 Å². The molecule has 2 aromatic rings. The quantitative estimate of drug-likeness (QED) is 0.535. The molecule has 2 rings (SSSR count). The minimum atomic E-state index is -0.991. The Bertz CT molecular complexity index is 713. The second kappa shape index (κ2) is 8.24. The lowest BCUT2D eigenvalue weighted by Gasteiger charge is -2.21. The minimum Gasteiger partial charge on any atom is -0.478 e. The molecule has 0 saturated heterocycles. The van der Waals surface area contributed by atoms with E-state index in [9.17, 15) is 9.59 Å². The van der Waals surface area contributed by atoms with Crippen LogP contribution in [0.15, 0.2) is 48.5 Å². The van der Waals surface area contributed by atoms with Crippen LogP contribution in [0.5, 0.6) is 0 Å². The molecule has 0 fully saturated rings. The number of benzene rings is 2. The van der Waals surface area contributed by atoms with Crippen molar-refractivity contribution in [3.8, 4) is 0 Å². The Morgan fingerprint density at radius 3 is 2.33 bits per heavy atom. The molecule has 0 aliphatic heterocycles. The Morgan fingerprint density at radius 2 is 1.71 bits per heavy atom. The number of aromatic carboxylic acids is 1. The van der Waals surface area contributed by atoms with Gasteiger partial charge in [0.2, 0.25) is 0 Å². The summed E-state index contributed by atoms with van der Waals surface area (Å²) < 4.78 is 0. The number of hydrogen-bond acceptors (Lipinski definition) is 4. The van der Waals surface area contributed by atoms with E-state index >= 15 is 0 Å². The zero-order valence-corrected chi connectivity index (χ0v) is 13.4. The van der Waals surface area contributed by atoms with Crippen molar-refractivity contribution in [2.45, 2.75) is 20.0 Å². The van der Waals surface area contributed by atoms with E-state index in [0.717, 1.165) is 16.7 Å². The molecular formula is C18H20N2O4. The van der Waals surface area contributed by atoms with Gasteiger partial charge in [0.25, 0.3) is 5.91 Å². The lowest BCUT2D eigenvalue weighted by molar-refractivity contribution is -0.130. The number of nitrogens with one attached hydrogen (secondary N) is 1. The molecule has 0 aliphatic carbocycles. The van der Waals surface area contributed by atoms with Gasteiger partial charge in [-0.25, -0.2) is 10.3 Å². The van der Waals surface area contributed by atoms with Crippen molar-refractivity contribution in [2.24, 2.45) is 0 Å². The van der Waals surface area contributed by atoms with E-state index < -0.39 is 11.9 Å². The summed E-state index contributed by atoms with van der Waals surface area (Å²) in [6.45, 7) is 2.90. The summed E-state index contributed by atoms with van der Waals surface area (Å²) >= 11 is 0. The van der Waals surface area contributed by atoms with Crippen molar-refractivity contribution in [1.29, 1.82) is 0 Å². The van der Waals surface area contributed by atoms with Gasteiger partial charge in [-0.1, -0.05) is 42.0 Å². The van der Waals surface area contributed by atoms with Gasteiger partial charge in [0, 0.05) is 13.1 Å². The Hall–Kier alpha value is -2.70. The molecule has 0 spiro atoms. The smallest absolute Gasteiger partial charge is 0.335 e. The molecule has 0 aliphatic rings. The zero-order valence-electron chi connectivity index (χ0n) is 13.4. The first-order chi connectivity index (χ1) is 11.5. The first-order valence-corrected chi connectivity index (χ1v) is 7.51. The molecule has 0 heterocycles. The van der Waals surface area contributed by atoms with Crippen LogP contribution in [0.4, 0.5) is 0 Å². The highest BCUT2D eigenvalue weighted by Gasteiger charge is 2.13. The number of carbonyl (C=O) groups excluding carboxylic acids is 1. The molecule has 0 unspecified atom stereocenters. The number of carboxylic acid groups (broad SMARTS) is 1. The van der Waals surface area contributed by atoms with Crippen molar-refractivity contribution >= 4 is 11.9 Å². The van der Waals surface area contributed by atoms with E-state index in [1.807, 2.05) is 42.2 Å². The van der Waals surface area contributed by atoms with Crippen molar-refractivity contribution < 1.29 is 19.9 Å². The molecule has 3 N–H and O–H groups in total. The maximum absolute atomic E-state index is 11.5. The third kappa shape index (κ3) is 5.19. The summed E-state index contributed by atoms with van der Waals surface area (Å²) in [7, 11) is 0. The predicted octanol–water partition coefficient (Wildman–Crippen LogP) is 2.20. The van der Waals surface area contributed by atoms with Crippen LogP contribution in [0.1, 0.15) is 27.0 Å². The fourth-order valence-corrected chi connectivity index (χ4v) is 2.42. The number of carboxylic acids is 1. The van der Waals surface area contributed by atoms with Crippen molar-refractivity contribution in [2.75, 3.05) is 6.54 Å². The summed E-state index contributed by atoms with van der Waals surface area (Å²) in [5, 5.41) is 17.8. The zero-order chi connectivity index (χ0) is 17.5. The highest BCUT2D eigenvalue weighted by atomic mass is 16.5. The molecule has 2 aromatic carbocycles. The molecule has 6 heteroatoms. The summed E-state index contributed by atoms with van der Waals surface area (Å²) in [4.78, 5) is 24.4. The van der Waals surface area contributed by atoms with Gasteiger partial charge >= 0.3 is 5.97 Å². The fourth-order valence-electron chi connectivity index (χ4n) is 2.42. The van der Waals surface area contributed by atoms with Crippen LogP contribution in [0, 0.1) is 6.92 Å². The van der Waals surface area contributed by atoms with E-state index in [1.54, 1.807) is 17.6 Å². The predicted molar refractivity (Wildman–Crippen MR) is 88.6 cm³/mol. The van der Waals surface area contributed by atoms with Crippen LogP contribution in [0.3, 0.4) is 0 Å². The average Bonchev–Trinajstić information content (AvgIpc) is 2.57. The lowest BCUT2D eigenvalue weighted by Crippen LogP contribution is -2.35. The Balaban J connectivity index is 2.16. The van der Waals surface area contributed by atoms with Crippen LogP contribution < -0.4 is 5.48 Å². The van der Waals surface area contributed by atoms with Gasteiger partial charge in [0.1, 0.15) is 0 Å². The number of nitrogens with zero attached hydrogens (tertiary/aromatic N) is 1. The van der Waals surface area contributed by atoms with E-state index in [1.165, 1.54) is 6.07 Å². The highest BCUT2D eigenvalue weighted by molar-refractivity contribution is 5.87. The summed E-state index contributed by atoms with van der Waals surface area (Å²) in [5.41, 5.74) is 4.79. The molecular weight excluding hydrogens is 308 g/mol. The summed E-state index contributed by atoms with van der Waals surface area (Å²) in [6, 6.07) is 14.5. The van der Waals surface area contributed by atoms with Gasteiger partial charge in [-0.3, -0.25) is 14.9 Å². The largest absolute Gasteiger partial charge is 0.478 e. The van der Waals surface area contributed by atoms with Gasteiger partial charge in [-0.05, 0) is 30.2 Å². The Kier molecular flexibility index (Phi) is 6.06. The molecule has 0 aromatic heterocycles.